The molecule has 0 saturated carbocycles. The molecule has 1 aromatic rings. The van der Waals surface area contributed by atoms with Crippen molar-refractivity contribution in [3.63, 3.8) is 0 Å². The summed E-state index contributed by atoms with van der Waals surface area (Å²) in [7, 11) is -3.57. The second kappa shape index (κ2) is 9.75. The van der Waals surface area contributed by atoms with E-state index in [4.69, 9.17) is 23.2 Å². The summed E-state index contributed by atoms with van der Waals surface area (Å²) in [5.41, 5.74) is 0. The molecule has 0 bridgehead atoms. The Hall–Kier alpha value is 0.690. The number of hydrogen-bond donors (Lipinski definition) is 2. The summed E-state index contributed by atoms with van der Waals surface area (Å²) in [5, 5.41) is 3.25. The first kappa shape index (κ1) is 21.7. The molecule has 21 heavy (non-hydrogen) atoms. The van der Waals surface area contributed by atoms with Crippen molar-refractivity contribution < 1.29 is 8.42 Å². The fourth-order valence-corrected chi connectivity index (χ4v) is 5.03. The van der Waals surface area contributed by atoms with E-state index in [2.05, 4.69) is 14.9 Å². The van der Waals surface area contributed by atoms with Gasteiger partial charge in [-0.1, -0.05) is 23.2 Å². The van der Waals surface area contributed by atoms with Gasteiger partial charge < -0.3 is 5.32 Å². The smallest absolute Gasteiger partial charge is 0.243 e. The van der Waals surface area contributed by atoms with Crippen LogP contribution in [0.1, 0.15) is 0 Å². The topological polar surface area (TPSA) is 61.4 Å². The Kier molecular flexibility index (Phi) is 10.1. The van der Waals surface area contributed by atoms with E-state index in [1.807, 2.05) is 0 Å². The first-order valence-corrected chi connectivity index (χ1v) is 8.92. The number of nitrogens with zero attached hydrogens (tertiary/aromatic N) is 1. The maximum Gasteiger partial charge on any atom is 0.243 e. The van der Waals surface area contributed by atoms with Gasteiger partial charge in [0.1, 0.15) is 9.23 Å². The van der Waals surface area contributed by atoms with Crippen molar-refractivity contribution in [2.24, 2.45) is 0 Å². The van der Waals surface area contributed by atoms with Gasteiger partial charge in [0, 0.05) is 39.3 Å². The maximum absolute atomic E-state index is 12.0. The molecule has 1 fully saturated rings. The van der Waals surface area contributed by atoms with Gasteiger partial charge >= 0.3 is 0 Å². The van der Waals surface area contributed by atoms with Crippen LogP contribution < -0.4 is 10.0 Å². The summed E-state index contributed by atoms with van der Waals surface area (Å²) in [6.07, 6.45) is 0. The van der Waals surface area contributed by atoms with E-state index in [9.17, 15) is 8.42 Å². The summed E-state index contributed by atoms with van der Waals surface area (Å²) in [4.78, 5) is 2.27. The number of sulfonamides is 1. The van der Waals surface area contributed by atoms with Gasteiger partial charge in [-0.05, 0) is 6.07 Å². The largest absolute Gasteiger partial charge is 0.314 e. The minimum Gasteiger partial charge on any atom is -0.314 e. The Balaban J connectivity index is 0.00000200. The van der Waals surface area contributed by atoms with Gasteiger partial charge in [0.05, 0.1) is 4.34 Å². The van der Waals surface area contributed by atoms with E-state index < -0.39 is 10.0 Å². The number of piperazine rings is 1. The van der Waals surface area contributed by atoms with Crippen molar-refractivity contribution in [2.75, 3.05) is 39.3 Å². The van der Waals surface area contributed by atoms with Crippen LogP contribution in [-0.4, -0.2) is 52.6 Å². The monoisotopic (exact) mass is 415 g/mol. The summed E-state index contributed by atoms with van der Waals surface area (Å²) in [6.45, 7) is 4.82. The van der Waals surface area contributed by atoms with Crippen LogP contribution in [-0.2, 0) is 10.0 Å². The average Bonchev–Trinajstić information content (AvgIpc) is 2.70. The minimum atomic E-state index is -3.57. The lowest BCUT2D eigenvalue weighted by atomic mass is 10.3. The first-order valence-electron chi connectivity index (χ1n) is 5.86. The molecule has 5 nitrogen and oxygen atoms in total. The molecule has 11 heteroatoms. The molecule has 0 radical (unpaired) electrons. The van der Waals surface area contributed by atoms with Crippen LogP contribution >= 0.6 is 59.4 Å². The highest BCUT2D eigenvalue weighted by Gasteiger charge is 2.21. The molecule has 2 heterocycles. The third kappa shape index (κ3) is 6.37. The normalized spacial score (nSPS) is 16.1. The summed E-state index contributed by atoms with van der Waals surface area (Å²) in [5.74, 6) is 0. The zero-order valence-corrected chi connectivity index (χ0v) is 15.8. The molecule has 0 aromatic carbocycles. The van der Waals surface area contributed by atoms with Crippen LogP contribution in [0.15, 0.2) is 11.0 Å². The van der Waals surface area contributed by atoms with Gasteiger partial charge in [-0.2, -0.15) is 0 Å². The van der Waals surface area contributed by atoms with Crippen molar-refractivity contribution in [2.45, 2.75) is 4.90 Å². The van der Waals surface area contributed by atoms with Crippen LogP contribution in [0.25, 0.3) is 0 Å². The zero-order chi connectivity index (χ0) is 13.9. The predicted octanol–water partition coefficient (Wildman–Crippen LogP) is 2.08. The summed E-state index contributed by atoms with van der Waals surface area (Å²) >= 11 is 12.7. The van der Waals surface area contributed by atoms with Crippen molar-refractivity contribution in [1.82, 2.24) is 14.9 Å². The molecular formula is C10H17Cl4N3O2S2. The molecular weight excluding hydrogens is 400 g/mol. The fourth-order valence-electron chi connectivity index (χ4n) is 1.86. The second-order valence-electron chi connectivity index (χ2n) is 4.18. The molecule has 2 rings (SSSR count). The molecule has 1 saturated heterocycles. The minimum absolute atomic E-state index is 0. The van der Waals surface area contributed by atoms with Gasteiger partial charge in [-0.25, -0.2) is 13.1 Å². The molecule has 1 aliphatic rings. The number of thiophene rings is 1. The van der Waals surface area contributed by atoms with Crippen LogP contribution in [0.2, 0.25) is 8.67 Å². The van der Waals surface area contributed by atoms with Gasteiger partial charge in [0.25, 0.3) is 0 Å². The highest BCUT2D eigenvalue weighted by molar-refractivity contribution is 7.89. The van der Waals surface area contributed by atoms with Crippen LogP contribution in [0.4, 0.5) is 0 Å². The van der Waals surface area contributed by atoms with Gasteiger partial charge in [0.2, 0.25) is 10.0 Å². The highest BCUT2D eigenvalue weighted by atomic mass is 35.5. The lowest BCUT2D eigenvalue weighted by Gasteiger charge is -2.27. The molecule has 1 aromatic heterocycles. The molecule has 0 unspecified atom stereocenters. The van der Waals surface area contributed by atoms with Crippen molar-refractivity contribution in [1.29, 1.82) is 0 Å². The molecule has 124 valence electrons. The van der Waals surface area contributed by atoms with Gasteiger partial charge in [-0.15, -0.1) is 36.2 Å². The Morgan fingerprint density at radius 1 is 1.29 bits per heavy atom. The van der Waals surface area contributed by atoms with Gasteiger partial charge in [0.15, 0.2) is 0 Å². The van der Waals surface area contributed by atoms with Crippen LogP contribution in [0.5, 0.6) is 0 Å². The lowest BCUT2D eigenvalue weighted by molar-refractivity contribution is 0.245. The van der Waals surface area contributed by atoms with Crippen molar-refractivity contribution >= 4 is 69.4 Å². The van der Waals surface area contributed by atoms with Crippen molar-refractivity contribution in [3.05, 3.63) is 14.7 Å². The van der Waals surface area contributed by atoms with E-state index in [1.54, 1.807) is 0 Å². The molecule has 0 atom stereocenters. The number of rotatable bonds is 5. The molecule has 0 spiro atoms. The summed E-state index contributed by atoms with van der Waals surface area (Å²) < 4.78 is 27.2. The molecule has 0 aliphatic carbocycles. The average molecular weight is 417 g/mol. The predicted molar refractivity (Wildman–Crippen MR) is 93.3 cm³/mol. The number of hydrogen-bond acceptors (Lipinski definition) is 5. The lowest BCUT2D eigenvalue weighted by Crippen LogP contribution is -2.46. The van der Waals surface area contributed by atoms with Crippen LogP contribution in [0.3, 0.4) is 0 Å². The van der Waals surface area contributed by atoms with E-state index in [1.165, 1.54) is 6.07 Å². The van der Waals surface area contributed by atoms with Gasteiger partial charge in [-0.3, -0.25) is 4.90 Å². The Morgan fingerprint density at radius 3 is 2.43 bits per heavy atom. The fraction of sp³-hybridized carbons (Fsp3) is 0.600. The Bertz CT molecular complexity index is 532. The highest BCUT2D eigenvalue weighted by Crippen LogP contribution is 2.33. The van der Waals surface area contributed by atoms with Crippen molar-refractivity contribution in [3.8, 4) is 0 Å². The maximum atomic E-state index is 12.0. The van der Waals surface area contributed by atoms with E-state index in [0.29, 0.717) is 17.4 Å². The van der Waals surface area contributed by atoms with Crippen LogP contribution in [0, 0.1) is 0 Å². The first-order chi connectivity index (χ1) is 8.99. The quantitative estimate of drug-likeness (QED) is 0.771. The standard InChI is InChI=1S/C10H15Cl2N3O2S2.2ClH/c11-9-7-8(10(12)18-9)19(16,17)14-3-6-15-4-1-13-2-5-15;;/h7,13-14H,1-6H2;2*1H. The third-order valence-corrected chi connectivity index (χ3v) is 6.06. The van der Waals surface area contributed by atoms with E-state index in [-0.39, 0.29) is 34.0 Å². The van der Waals surface area contributed by atoms with E-state index >= 15 is 0 Å². The number of halogens is 4. The number of nitrogens with one attached hydrogen (secondary N) is 2. The molecule has 0 amide bonds. The Morgan fingerprint density at radius 2 is 1.90 bits per heavy atom. The second-order valence-corrected chi connectivity index (χ2v) is 8.20. The third-order valence-electron chi connectivity index (χ3n) is 2.84. The molecule has 1 aliphatic heterocycles. The SMILES string of the molecule is Cl.Cl.O=S(=O)(NCCN1CCNCC1)c1cc(Cl)sc1Cl. The molecule has 2 N–H and O–H groups in total. The summed E-state index contributed by atoms with van der Waals surface area (Å²) in [6, 6.07) is 1.38. The Labute approximate surface area is 151 Å². The van der Waals surface area contributed by atoms with E-state index in [0.717, 1.165) is 37.5 Å². The zero-order valence-electron chi connectivity index (χ0n) is 11.0.